The number of halogens is 1. The van der Waals surface area contributed by atoms with Gasteiger partial charge in [0.1, 0.15) is 4.90 Å². The summed E-state index contributed by atoms with van der Waals surface area (Å²) in [7, 11) is -0.543. The number of nitrogens with zero attached hydrogens (tertiary/aromatic N) is 3. The van der Waals surface area contributed by atoms with E-state index in [0.717, 1.165) is 0 Å². The Labute approximate surface area is 200 Å². The molecule has 0 aromatic heterocycles. The standard InChI is InChI=1S/C23H29ClN4O4S/c1-4-28(19-8-6-5-7-9-19)33(31,32)21-16-18(10-11-20(21)24)25-22(29)17-12-14-27(15-13-17)23(30)26(2)3/h5-11,16-17H,4,12-15H2,1-3H3,(H,25,29). The van der Waals surface area contributed by atoms with Crippen LogP contribution >= 0.6 is 11.6 Å². The van der Waals surface area contributed by atoms with E-state index in [-0.39, 0.29) is 34.3 Å². The Balaban J connectivity index is 1.75. The number of carbonyl (C=O) groups excluding carboxylic acids is 2. The largest absolute Gasteiger partial charge is 0.331 e. The topological polar surface area (TPSA) is 90.0 Å². The molecule has 33 heavy (non-hydrogen) atoms. The Morgan fingerprint density at radius 1 is 1.09 bits per heavy atom. The van der Waals surface area contributed by atoms with Crippen LogP contribution in [-0.2, 0) is 14.8 Å². The summed E-state index contributed by atoms with van der Waals surface area (Å²) in [5.74, 6) is -0.462. The summed E-state index contributed by atoms with van der Waals surface area (Å²) in [6.45, 7) is 2.97. The van der Waals surface area contributed by atoms with Gasteiger partial charge < -0.3 is 15.1 Å². The Kier molecular flexibility index (Phi) is 7.86. The van der Waals surface area contributed by atoms with Crippen LogP contribution in [0.1, 0.15) is 19.8 Å². The van der Waals surface area contributed by atoms with Gasteiger partial charge in [0.05, 0.1) is 10.7 Å². The van der Waals surface area contributed by atoms with Gasteiger partial charge in [-0.3, -0.25) is 9.10 Å². The van der Waals surface area contributed by atoms with Gasteiger partial charge in [0.25, 0.3) is 10.0 Å². The first-order chi connectivity index (χ1) is 15.6. The number of carbonyl (C=O) groups is 2. The molecule has 8 nitrogen and oxygen atoms in total. The molecule has 0 saturated carbocycles. The molecule has 10 heteroatoms. The first kappa shape index (κ1) is 24.9. The van der Waals surface area contributed by atoms with E-state index in [1.807, 2.05) is 6.07 Å². The second-order valence-corrected chi connectivity index (χ2v) is 10.3. The SMILES string of the molecule is CCN(c1ccccc1)S(=O)(=O)c1cc(NC(=O)C2CCN(C(=O)N(C)C)CC2)ccc1Cl. The van der Waals surface area contributed by atoms with Crippen molar-refractivity contribution in [1.29, 1.82) is 0 Å². The first-order valence-electron chi connectivity index (χ1n) is 10.8. The van der Waals surface area contributed by atoms with E-state index >= 15 is 0 Å². The molecule has 0 aliphatic carbocycles. The fourth-order valence-electron chi connectivity index (χ4n) is 3.84. The molecule has 1 fully saturated rings. The second-order valence-electron chi connectivity index (χ2n) is 8.08. The van der Waals surface area contributed by atoms with Crippen molar-refractivity contribution >= 4 is 44.9 Å². The van der Waals surface area contributed by atoms with E-state index in [1.54, 1.807) is 56.3 Å². The highest BCUT2D eigenvalue weighted by atomic mass is 35.5. The minimum absolute atomic E-state index is 0.0692. The summed E-state index contributed by atoms with van der Waals surface area (Å²) >= 11 is 6.27. The van der Waals surface area contributed by atoms with Crippen LogP contribution in [0.2, 0.25) is 5.02 Å². The Morgan fingerprint density at radius 2 is 1.73 bits per heavy atom. The molecular weight excluding hydrogens is 464 g/mol. The molecular formula is C23H29ClN4O4S. The molecule has 2 aromatic carbocycles. The van der Waals surface area contributed by atoms with Crippen LogP contribution in [0, 0.1) is 5.92 Å². The van der Waals surface area contributed by atoms with Crippen LogP contribution in [0.25, 0.3) is 0 Å². The predicted octanol–water partition coefficient (Wildman–Crippen LogP) is 3.89. The number of hydrogen-bond donors (Lipinski definition) is 1. The maximum absolute atomic E-state index is 13.4. The summed E-state index contributed by atoms with van der Waals surface area (Å²) in [4.78, 5) is 28.1. The van der Waals surface area contributed by atoms with E-state index in [4.69, 9.17) is 11.6 Å². The monoisotopic (exact) mass is 492 g/mol. The highest BCUT2D eigenvalue weighted by Gasteiger charge is 2.29. The zero-order valence-corrected chi connectivity index (χ0v) is 20.6. The second kappa shape index (κ2) is 10.4. The van der Waals surface area contributed by atoms with Gasteiger partial charge in [0, 0.05) is 45.3 Å². The Bertz CT molecular complexity index is 1100. The summed E-state index contributed by atoms with van der Waals surface area (Å²) in [6, 6.07) is 13.2. The molecule has 1 aliphatic rings. The van der Waals surface area contributed by atoms with Crippen molar-refractivity contribution in [3.05, 3.63) is 53.6 Å². The van der Waals surface area contributed by atoms with Crippen molar-refractivity contribution in [2.75, 3.05) is 43.4 Å². The first-order valence-corrected chi connectivity index (χ1v) is 12.6. The Morgan fingerprint density at radius 3 is 2.30 bits per heavy atom. The molecule has 3 amide bonds. The van der Waals surface area contributed by atoms with Crippen molar-refractivity contribution in [2.24, 2.45) is 5.92 Å². The van der Waals surface area contributed by atoms with Gasteiger partial charge in [-0.25, -0.2) is 13.2 Å². The van der Waals surface area contributed by atoms with E-state index in [0.29, 0.717) is 37.3 Å². The average molecular weight is 493 g/mol. The molecule has 1 N–H and O–H groups in total. The third-order valence-electron chi connectivity index (χ3n) is 5.62. The van der Waals surface area contributed by atoms with Gasteiger partial charge in [0.15, 0.2) is 0 Å². The van der Waals surface area contributed by atoms with Crippen molar-refractivity contribution in [2.45, 2.75) is 24.7 Å². The average Bonchev–Trinajstić information content (AvgIpc) is 2.80. The predicted molar refractivity (Wildman–Crippen MR) is 130 cm³/mol. The van der Waals surface area contributed by atoms with Gasteiger partial charge >= 0.3 is 6.03 Å². The van der Waals surface area contributed by atoms with E-state index < -0.39 is 10.0 Å². The van der Waals surface area contributed by atoms with Gasteiger partial charge in [-0.05, 0) is 50.1 Å². The van der Waals surface area contributed by atoms with Crippen molar-refractivity contribution in [3.8, 4) is 0 Å². The molecule has 178 valence electrons. The number of nitrogens with one attached hydrogen (secondary N) is 1. The smallest absolute Gasteiger partial charge is 0.319 e. The van der Waals surface area contributed by atoms with Crippen LogP contribution in [0.15, 0.2) is 53.4 Å². The molecule has 0 bridgehead atoms. The maximum atomic E-state index is 13.4. The number of piperidine rings is 1. The summed E-state index contributed by atoms with van der Waals surface area (Å²) in [5, 5.41) is 2.90. The number of hydrogen-bond acceptors (Lipinski definition) is 4. The normalized spacial score (nSPS) is 14.6. The van der Waals surface area contributed by atoms with Crippen LogP contribution in [0.5, 0.6) is 0 Å². The van der Waals surface area contributed by atoms with Gasteiger partial charge in [-0.15, -0.1) is 0 Å². The summed E-state index contributed by atoms with van der Waals surface area (Å²) in [6.07, 6.45) is 1.09. The lowest BCUT2D eigenvalue weighted by atomic mass is 9.96. The molecule has 1 saturated heterocycles. The molecule has 1 heterocycles. The minimum Gasteiger partial charge on any atom is -0.331 e. The minimum atomic E-state index is -3.94. The van der Waals surface area contributed by atoms with Gasteiger partial charge in [-0.2, -0.15) is 0 Å². The quantitative estimate of drug-likeness (QED) is 0.662. The molecule has 3 rings (SSSR count). The highest BCUT2D eigenvalue weighted by Crippen LogP contribution is 2.31. The van der Waals surface area contributed by atoms with Gasteiger partial charge in [0.2, 0.25) is 5.91 Å². The van der Waals surface area contributed by atoms with E-state index in [9.17, 15) is 18.0 Å². The summed E-state index contributed by atoms with van der Waals surface area (Å²) in [5.41, 5.74) is 0.892. The van der Waals surface area contributed by atoms with Crippen LogP contribution in [0.3, 0.4) is 0 Å². The van der Waals surface area contributed by atoms with Crippen molar-refractivity contribution < 1.29 is 18.0 Å². The maximum Gasteiger partial charge on any atom is 0.319 e. The number of likely N-dealkylation sites (tertiary alicyclic amines) is 1. The number of anilines is 2. The fraction of sp³-hybridized carbons (Fsp3) is 0.391. The lowest BCUT2D eigenvalue weighted by Gasteiger charge is -2.33. The lowest BCUT2D eigenvalue weighted by Crippen LogP contribution is -2.45. The third-order valence-corrected chi connectivity index (χ3v) is 8.00. The zero-order chi connectivity index (χ0) is 24.2. The van der Waals surface area contributed by atoms with Crippen molar-refractivity contribution in [1.82, 2.24) is 9.80 Å². The fourth-order valence-corrected chi connectivity index (χ4v) is 5.82. The number of para-hydroxylation sites is 1. The number of benzene rings is 2. The number of sulfonamides is 1. The lowest BCUT2D eigenvalue weighted by molar-refractivity contribution is -0.121. The molecule has 2 aromatic rings. The van der Waals surface area contributed by atoms with Crippen LogP contribution in [-0.4, -0.2) is 63.9 Å². The third kappa shape index (κ3) is 5.59. The highest BCUT2D eigenvalue weighted by molar-refractivity contribution is 7.93. The molecule has 0 spiro atoms. The number of urea groups is 1. The van der Waals surface area contributed by atoms with E-state index in [2.05, 4.69) is 5.32 Å². The van der Waals surface area contributed by atoms with Crippen LogP contribution in [0.4, 0.5) is 16.2 Å². The van der Waals surface area contributed by atoms with Crippen LogP contribution < -0.4 is 9.62 Å². The molecule has 0 unspecified atom stereocenters. The molecule has 0 atom stereocenters. The molecule has 1 aliphatic heterocycles. The Hall–Kier alpha value is -2.78. The number of amides is 3. The van der Waals surface area contributed by atoms with Crippen molar-refractivity contribution in [3.63, 3.8) is 0 Å². The summed E-state index contributed by atoms with van der Waals surface area (Å²) < 4.78 is 28.0. The zero-order valence-electron chi connectivity index (χ0n) is 19.0. The molecule has 0 radical (unpaired) electrons. The van der Waals surface area contributed by atoms with E-state index in [1.165, 1.54) is 21.3 Å². The number of rotatable bonds is 6. The van der Waals surface area contributed by atoms with Gasteiger partial charge in [-0.1, -0.05) is 29.8 Å².